The highest BCUT2D eigenvalue weighted by atomic mass is 19.1. The smallest absolute Gasteiger partial charge is 0.249 e. The second-order valence-corrected chi connectivity index (χ2v) is 31.8. The average Bonchev–Trinajstić information content (AvgIpc) is 1.61. The highest BCUT2D eigenvalue weighted by molar-refractivity contribution is 6.01. The Labute approximate surface area is 674 Å². The Morgan fingerprint density at radius 2 is 1.48 bits per heavy atom. The largest absolute Gasteiger partial charge is 0.497 e. The molecule has 11 amide bonds. The van der Waals surface area contributed by atoms with Crippen LogP contribution < -0.4 is 47.7 Å². The summed E-state index contributed by atoms with van der Waals surface area (Å²) in [4.78, 5) is 164. The molecule has 5 aliphatic rings. The second-order valence-electron chi connectivity index (χ2n) is 31.8. The normalized spacial score (nSPS) is 22.2. The van der Waals surface area contributed by atoms with E-state index in [-0.39, 0.29) is 129 Å². The molecule has 0 radical (unpaired) electrons. The third kappa shape index (κ3) is 24.0. The standard InChI is InChI=1S/C83H111FN16O16/c1-54(101)75-77(108)91-66(44-56-21-24-63(113-7)25-22-56)78(109)98-34-12-31-82(98,2)80(111)87-32-27-55-17-19-57(20-18-55)49-95(74(106)16-10-8-9-15-70(85)102)36-37-97-52-62(93-94-97)51-96-50-60(64-47-61(84)23-26-68(64)96)46-67-79(110)99-35-29-69(83(99,3)81(112)92-75)116-53-73(105)88-48-59-14-11-13-58(43-59)45-65(76(107)90-67)89-72(104)28-33-86-71(103)30-39-114-41-42-115-40-38-100(4,5)6/h11,13-14,17-26,43,47,50,52,54,65-67,69,75,101H,8-10,12,15-16,27-42,44-46,48-49,51,53H2,1-7H3,(H8-,85,86,87,88,89,90,91,92,102,103,104,105,107,108,111,112)/p+1/t54-,65+,66+,67+,69+,75+,82+,83?/m1/s1. The summed E-state index contributed by atoms with van der Waals surface area (Å²) in [5.74, 6) is -7.31. The van der Waals surface area contributed by atoms with Crippen LogP contribution in [0.2, 0.25) is 0 Å². The molecular weight excluding hydrogens is 1500 g/mol. The summed E-state index contributed by atoms with van der Waals surface area (Å²) >= 11 is 0. The lowest BCUT2D eigenvalue weighted by Crippen LogP contribution is -2.68. The number of nitrogens with two attached hydrogens (primary N) is 1. The fraction of sp³-hybridized carbons (Fsp3) is 0.530. The van der Waals surface area contributed by atoms with Crippen molar-refractivity contribution in [1.29, 1.82) is 0 Å². The number of amides is 11. The number of nitrogens with zero attached hydrogens (tertiary/aromatic N) is 8. The molecular formula is C83H112FN16O16+. The zero-order chi connectivity index (χ0) is 83.3. The van der Waals surface area contributed by atoms with Gasteiger partial charge < -0.3 is 90.8 Å². The maximum Gasteiger partial charge on any atom is 0.249 e. The number of rotatable bonds is 23. The summed E-state index contributed by atoms with van der Waals surface area (Å²) in [7, 11) is 7.67. The SMILES string of the molecule is COc1ccc(C[C@@H]2NC(=O)[C@H]([C@@H](C)O)NC(=O)C3(C)[C@@H]4CCN3C(=O)[C@H](Cc3cn(c5ccc(F)cc35)Cc3cn(nn3)CCN(C(=O)CCCCCC(N)=O)Cc3ccc(cc3)CCNC(=O)[C@]3(C)CCCN3C2=O)NC(=O)[C@@H](NC(=O)CCNC(=O)CCOCCOCC[N+](C)(C)C)Cc2cccc(c2)CNC(=O)CO4)cc1. The van der Waals surface area contributed by atoms with Gasteiger partial charge in [-0.25, -0.2) is 4.39 Å². The number of carbonyl (C=O) groups is 11. The summed E-state index contributed by atoms with van der Waals surface area (Å²) in [6.07, 6.45) is 2.37. The molecule has 5 aliphatic heterocycles. The molecule has 32 nitrogen and oxygen atoms in total. The van der Waals surface area contributed by atoms with Gasteiger partial charge in [-0.2, -0.15) is 0 Å². The van der Waals surface area contributed by atoms with Crippen LogP contribution in [0.3, 0.4) is 0 Å². The average molecular weight is 1610 g/mol. The van der Waals surface area contributed by atoms with E-state index in [1.807, 2.05) is 24.3 Å². The molecule has 6 aromatic rings. The van der Waals surface area contributed by atoms with Crippen molar-refractivity contribution in [2.45, 2.75) is 184 Å². The van der Waals surface area contributed by atoms with E-state index in [0.717, 1.165) is 27.1 Å². The highest BCUT2D eigenvalue weighted by Gasteiger charge is 2.56. The molecule has 11 rings (SSSR count). The molecule has 8 atom stereocenters. The zero-order valence-electron chi connectivity index (χ0n) is 67.4. The van der Waals surface area contributed by atoms with Gasteiger partial charge in [0.05, 0.1) is 86.2 Å². The lowest BCUT2D eigenvalue weighted by atomic mass is 9.92. The topological polar surface area (TPSA) is 401 Å². The van der Waals surface area contributed by atoms with Crippen molar-refractivity contribution in [3.63, 3.8) is 0 Å². The van der Waals surface area contributed by atoms with Gasteiger partial charge in [-0.05, 0) is 123 Å². The number of ether oxygens (including phenoxy) is 4. The molecule has 0 spiro atoms. The number of aliphatic hydroxyl groups is 1. The number of fused-ring (bicyclic) bond motifs is 17. The van der Waals surface area contributed by atoms with Crippen molar-refractivity contribution in [3.8, 4) is 5.75 Å². The molecule has 12 bridgehead atoms. The molecule has 10 N–H and O–H groups in total. The van der Waals surface area contributed by atoms with E-state index < -0.39 is 125 Å². The highest BCUT2D eigenvalue weighted by Crippen LogP contribution is 2.36. The van der Waals surface area contributed by atoms with Crippen LogP contribution in [0.4, 0.5) is 4.39 Å². The number of benzene rings is 4. The Hall–Kier alpha value is -10.7. The van der Waals surface area contributed by atoms with Gasteiger partial charge >= 0.3 is 0 Å². The number of unbranched alkanes of at least 4 members (excludes halogenated alkanes) is 2. The predicted octanol–water partition coefficient (Wildman–Crippen LogP) is 1.94. The maximum absolute atomic E-state index is 16.4. The summed E-state index contributed by atoms with van der Waals surface area (Å²) in [6.45, 7) is 6.26. The molecule has 2 saturated heterocycles. The fourth-order valence-electron chi connectivity index (χ4n) is 15.1. The van der Waals surface area contributed by atoms with Crippen molar-refractivity contribution in [3.05, 3.63) is 148 Å². The number of primary amides is 1. The zero-order valence-corrected chi connectivity index (χ0v) is 67.4. The number of likely N-dealkylation sites (N-methyl/N-ethyl adjacent to an activating group) is 1. The quantitative estimate of drug-likeness (QED) is 0.0327. The summed E-state index contributed by atoms with van der Waals surface area (Å²) in [6, 6.07) is 19.0. The minimum absolute atomic E-state index is 0.00756. The first-order chi connectivity index (χ1) is 55.5. The number of carbonyl (C=O) groups excluding carboxylic acids is 11. The van der Waals surface area contributed by atoms with Crippen LogP contribution in [0.1, 0.15) is 124 Å². The van der Waals surface area contributed by atoms with E-state index >= 15 is 28.4 Å². The number of aliphatic hydroxyl groups excluding tert-OH is 1. The first-order valence-corrected chi connectivity index (χ1v) is 39.9. The monoisotopic (exact) mass is 1610 g/mol. The van der Waals surface area contributed by atoms with E-state index in [1.54, 1.807) is 88.1 Å². The van der Waals surface area contributed by atoms with Gasteiger partial charge in [0.1, 0.15) is 65.7 Å². The van der Waals surface area contributed by atoms with E-state index in [4.69, 9.17) is 24.7 Å². The predicted molar refractivity (Wildman–Crippen MR) is 424 cm³/mol. The number of aromatic nitrogens is 4. The summed E-state index contributed by atoms with van der Waals surface area (Å²) in [5.41, 5.74) is 6.41. The molecule has 2 aromatic heterocycles. The molecule has 626 valence electrons. The summed E-state index contributed by atoms with van der Waals surface area (Å²) in [5, 5.41) is 40.9. The van der Waals surface area contributed by atoms with Gasteiger partial charge in [0.15, 0.2) is 0 Å². The van der Waals surface area contributed by atoms with Crippen LogP contribution in [0.5, 0.6) is 5.75 Å². The van der Waals surface area contributed by atoms with Crippen LogP contribution in [-0.2, 0) is 119 Å². The minimum atomic E-state index is -2.22. The minimum Gasteiger partial charge on any atom is -0.497 e. The van der Waals surface area contributed by atoms with Crippen molar-refractivity contribution < 1.29 is 85.7 Å². The lowest BCUT2D eigenvalue weighted by molar-refractivity contribution is -0.870. The van der Waals surface area contributed by atoms with Gasteiger partial charge in [0, 0.05) is 108 Å². The second kappa shape index (κ2) is 40.7. The summed E-state index contributed by atoms with van der Waals surface area (Å²) < 4.78 is 43.1. The lowest BCUT2D eigenvalue weighted by Gasteiger charge is -2.40. The molecule has 1 unspecified atom stereocenters. The number of hydrogen-bond acceptors (Lipinski definition) is 18. The Kier molecular flexibility index (Phi) is 30.8. The van der Waals surface area contributed by atoms with Crippen molar-refractivity contribution in [2.75, 3.05) is 101 Å². The van der Waals surface area contributed by atoms with Crippen molar-refractivity contribution in [1.82, 2.24) is 71.5 Å². The number of methoxy groups -OCH3 is 1. The molecule has 7 heterocycles. The Bertz CT molecular complexity index is 4450. The molecule has 4 aromatic carbocycles. The van der Waals surface area contributed by atoms with Crippen LogP contribution in [0.25, 0.3) is 10.9 Å². The molecule has 0 saturated carbocycles. The number of halogens is 1. The first kappa shape index (κ1) is 87.6. The van der Waals surface area contributed by atoms with Crippen LogP contribution in [0, 0.1) is 5.82 Å². The van der Waals surface area contributed by atoms with Crippen LogP contribution in [-0.4, -0.2) is 257 Å². The first-order valence-electron chi connectivity index (χ1n) is 39.9. The Morgan fingerprint density at radius 3 is 2.22 bits per heavy atom. The van der Waals surface area contributed by atoms with Crippen molar-refractivity contribution >= 4 is 75.9 Å². The third-order valence-electron chi connectivity index (χ3n) is 21.8. The molecule has 116 heavy (non-hydrogen) atoms. The van der Waals surface area contributed by atoms with Gasteiger partial charge in [0.25, 0.3) is 0 Å². The molecule has 33 heteroatoms. The van der Waals surface area contributed by atoms with Gasteiger partial charge in [-0.15, -0.1) is 5.10 Å². The molecule has 0 aliphatic carbocycles. The van der Waals surface area contributed by atoms with E-state index in [1.165, 1.54) is 38.0 Å². The van der Waals surface area contributed by atoms with E-state index in [0.29, 0.717) is 89.9 Å². The third-order valence-corrected chi connectivity index (χ3v) is 21.8. The number of hydrogen-bond donors (Lipinski definition) is 9. The Morgan fingerprint density at radius 1 is 0.741 bits per heavy atom. The van der Waals surface area contributed by atoms with Gasteiger partial charge in [-0.1, -0.05) is 72.3 Å². The molecule has 2 fully saturated rings. The van der Waals surface area contributed by atoms with Crippen molar-refractivity contribution in [2.24, 2.45) is 5.73 Å². The van der Waals surface area contributed by atoms with Gasteiger partial charge in [-0.3, -0.25) is 57.4 Å². The number of quaternary nitrogens is 1. The van der Waals surface area contributed by atoms with E-state index in [2.05, 4.69) is 68.7 Å². The van der Waals surface area contributed by atoms with Crippen LogP contribution >= 0.6 is 0 Å². The van der Waals surface area contributed by atoms with E-state index in [9.17, 15) is 33.9 Å². The maximum atomic E-state index is 16.4. The number of nitrogens with one attached hydrogen (secondary N) is 7. The fourth-order valence-corrected chi connectivity index (χ4v) is 15.1. The van der Waals surface area contributed by atoms with Crippen LogP contribution in [0.15, 0.2) is 103 Å². The Balaban J connectivity index is 1.01. The van der Waals surface area contributed by atoms with Gasteiger partial charge in [0.2, 0.25) is 65.0 Å².